The number of hydrogen-bond acceptors (Lipinski definition) is 3. The normalized spacial score (nSPS) is 15.9. The predicted molar refractivity (Wildman–Crippen MR) is 78.4 cm³/mol. The van der Waals surface area contributed by atoms with Crippen LogP contribution in [0.1, 0.15) is 5.82 Å². The van der Waals surface area contributed by atoms with Crippen LogP contribution in [0.15, 0.2) is 24.3 Å². The lowest BCUT2D eigenvalue weighted by atomic mass is 10.3. The molecular weight excluding hydrogens is 258 g/mol. The van der Waals surface area contributed by atoms with Gasteiger partial charge in [-0.25, -0.2) is 4.98 Å². The van der Waals surface area contributed by atoms with Crippen LogP contribution in [0.3, 0.4) is 0 Å². The van der Waals surface area contributed by atoms with Gasteiger partial charge >= 0.3 is 0 Å². The maximum Gasteiger partial charge on any atom is 0.242 e. The second-order valence-electron chi connectivity index (χ2n) is 4.73. The van der Waals surface area contributed by atoms with Gasteiger partial charge in [-0.2, -0.15) is 11.8 Å². The van der Waals surface area contributed by atoms with E-state index in [1.807, 2.05) is 52.4 Å². The molecule has 1 aliphatic rings. The molecule has 1 fully saturated rings. The van der Waals surface area contributed by atoms with Crippen LogP contribution in [0.4, 0.5) is 0 Å². The number of fused-ring (bicyclic) bond motifs is 1. The van der Waals surface area contributed by atoms with E-state index >= 15 is 0 Å². The average molecular weight is 275 g/mol. The summed E-state index contributed by atoms with van der Waals surface area (Å²) in [7, 11) is 0. The maximum absolute atomic E-state index is 12.3. The number of thioether (sulfide) groups is 1. The number of carbonyl (C=O) groups excluding carboxylic acids is 1. The van der Waals surface area contributed by atoms with Gasteiger partial charge < -0.3 is 9.47 Å². The third-order valence-electron chi connectivity index (χ3n) is 3.50. The highest BCUT2D eigenvalue weighted by Gasteiger charge is 2.18. The monoisotopic (exact) mass is 275 g/mol. The topological polar surface area (TPSA) is 38.1 Å². The standard InChI is InChI=1S/C14H17N3OS/c1-11-15-12-4-2-3-5-13(12)17(11)10-14(18)16-6-8-19-9-7-16/h2-5H,6-10H2,1H3. The summed E-state index contributed by atoms with van der Waals surface area (Å²) in [6.45, 7) is 4.10. The summed E-state index contributed by atoms with van der Waals surface area (Å²) in [4.78, 5) is 18.8. The van der Waals surface area contributed by atoms with Crippen molar-refractivity contribution in [3.05, 3.63) is 30.1 Å². The molecule has 4 nitrogen and oxygen atoms in total. The molecule has 2 aromatic rings. The smallest absolute Gasteiger partial charge is 0.242 e. The molecule has 3 rings (SSSR count). The predicted octanol–water partition coefficient (Wildman–Crippen LogP) is 1.92. The summed E-state index contributed by atoms with van der Waals surface area (Å²) < 4.78 is 2.01. The zero-order chi connectivity index (χ0) is 13.2. The number of aromatic nitrogens is 2. The summed E-state index contributed by atoms with van der Waals surface area (Å²) in [5, 5.41) is 0. The third-order valence-corrected chi connectivity index (χ3v) is 4.45. The zero-order valence-electron chi connectivity index (χ0n) is 11.0. The van der Waals surface area contributed by atoms with Gasteiger partial charge in [-0.05, 0) is 19.1 Å². The van der Waals surface area contributed by atoms with Gasteiger partial charge in [0.1, 0.15) is 12.4 Å². The SMILES string of the molecule is Cc1nc2ccccc2n1CC(=O)N1CCSCC1. The minimum absolute atomic E-state index is 0.201. The lowest BCUT2D eigenvalue weighted by Gasteiger charge is -2.26. The van der Waals surface area contributed by atoms with Gasteiger partial charge in [0, 0.05) is 24.6 Å². The lowest BCUT2D eigenvalue weighted by molar-refractivity contribution is -0.131. The number of rotatable bonds is 2. The Morgan fingerprint density at radius 2 is 2.05 bits per heavy atom. The first-order chi connectivity index (χ1) is 9.25. The van der Waals surface area contributed by atoms with Crippen LogP contribution in [-0.2, 0) is 11.3 Å². The van der Waals surface area contributed by atoms with E-state index in [0.29, 0.717) is 6.54 Å². The molecule has 100 valence electrons. The molecule has 0 radical (unpaired) electrons. The molecule has 0 bridgehead atoms. The highest BCUT2D eigenvalue weighted by molar-refractivity contribution is 7.99. The van der Waals surface area contributed by atoms with Crippen LogP contribution in [0.2, 0.25) is 0 Å². The maximum atomic E-state index is 12.3. The highest BCUT2D eigenvalue weighted by Crippen LogP contribution is 2.16. The molecule has 1 amide bonds. The van der Waals surface area contributed by atoms with Crippen molar-refractivity contribution in [1.82, 2.24) is 14.5 Å². The number of carbonyl (C=O) groups is 1. The van der Waals surface area contributed by atoms with Crippen LogP contribution < -0.4 is 0 Å². The Hall–Kier alpha value is -1.49. The largest absolute Gasteiger partial charge is 0.339 e. The molecule has 2 heterocycles. The summed E-state index contributed by atoms with van der Waals surface area (Å²) >= 11 is 1.92. The van der Waals surface area contributed by atoms with Crippen LogP contribution in [0.25, 0.3) is 11.0 Å². The molecule has 1 aromatic heterocycles. The van der Waals surface area contributed by atoms with Crippen molar-refractivity contribution in [3.8, 4) is 0 Å². The van der Waals surface area contributed by atoms with Crippen LogP contribution >= 0.6 is 11.8 Å². The number of amides is 1. The van der Waals surface area contributed by atoms with Crippen molar-refractivity contribution < 1.29 is 4.79 Å². The van der Waals surface area contributed by atoms with E-state index in [1.165, 1.54) is 0 Å². The van der Waals surface area contributed by atoms with Gasteiger partial charge in [0.05, 0.1) is 11.0 Å². The first kappa shape index (κ1) is 12.5. The van der Waals surface area contributed by atoms with Crippen molar-refractivity contribution in [3.63, 3.8) is 0 Å². The summed E-state index contributed by atoms with van der Waals surface area (Å²) in [6.07, 6.45) is 0. The van der Waals surface area contributed by atoms with E-state index in [9.17, 15) is 4.79 Å². The minimum Gasteiger partial charge on any atom is -0.339 e. The number of aryl methyl sites for hydroxylation is 1. The van der Waals surface area contributed by atoms with E-state index in [0.717, 1.165) is 41.5 Å². The molecule has 5 heteroatoms. The quantitative estimate of drug-likeness (QED) is 0.840. The van der Waals surface area contributed by atoms with Crippen molar-refractivity contribution in [2.75, 3.05) is 24.6 Å². The second-order valence-corrected chi connectivity index (χ2v) is 5.95. The van der Waals surface area contributed by atoms with E-state index in [-0.39, 0.29) is 5.91 Å². The molecule has 1 aliphatic heterocycles. The number of benzene rings is 1. The molecule has 0 spiro atoms. The number of para-hydroxylation sites is 2. The van der Waals surface area contributed by atoms with Crippen LogP contribution in [-0.4, -0.2) is 45.0 Å². The van der Waals surface area contributed by atoms with Gasteiger partial charge in [0.2, 0.25) is 5.91 Å². The van der Waals surface area contributed by atoms with E-state index in [2.05, 4.69) is 4.98 Å². The third kappa shape index (κ3) is 2.47. The molecule has 1 saturated heterocycles. The Bertz CT molecular complexity index is 602. The van der Waals surface area contributed by atoms with Gasteiger partial charge in [-0.3, -0.25) is 4.79 Å². The van der Waals surface area contributed by atoms with Crippen molar-refractivity contribution >= 4 is 28.7 Å². The molecule has 0 saturated carbocycles. The minimum atomic E-state index is 0.201. The number of nitrogens with zero attached hydrogens (tertiary/aromatic N) is 3. The van der Waals surface area contributed by atoms with E-state index < -0.39 is 0 Å². The van der Waals surface area contributed by atoms with Gasteiger partial charge in [-0.15, -0.1) is 0 Å². The molecule has 0 unspecified atom stereocenters. The van der Waals surface area contributed by atoms with Crippen LogP contribution in [0.5, 0.6) is 0 Å². The molecule has 0 N–H and O–H groups in total. The fourth-order valence-electron chi connectivity index (χ4n) is 2.44. The molecule has 0 atom stereocenters. The highest BCUT2D eigenvalue weighted by atomic mass is 32.2. The summed E-state index contributed by atoms with van der Waals surface area (Å²) in [6, 6.07) is 7.97. The Labute approximate surface area is 116 Å². The molecule has 0 aliphatic carbocycles. The average Bonchev–Trinajstić information content (AvgIpc) is 2.76. The molecule has 19 heavy (non-hydrogen) atoms. The second kappa shape index (κ2) is 5.25. The van der Waals surface area contributed by atoms with Gasteiger partial charge in [0.25, 0.3) is 0 Å². The summed E-state index contributed by atoms with van der Waals surface area (Å²) in [5.74, 6) is 3.21. The fraction of sp³-hybridized carbons (Fsp3) is 0.429. The van der Waals surface area contributed by atoms with Crippen LogP contribution in [0, 0.1) is 6.92 Å². The Kier molecular flexibility index (Phi) is 3.46. The van der Waals surface area contributed by atoms with Crippen molar-refractivity contribution in [2.45, 2.75) is 13.5 Å². The number of imidazole rings is 1. The number of hydrogen-bond donors (Lipinski definition) is 0. The van der Waals surface area contributed by atoms with Gasteiger partial charge in [-0.1, -0.05) is 12.1 Å². The fourth-order valence-corrected chi connectivity index (χ4v) is 3.35. The lowest BCUT2D eigenvalue weighted by Crippen LogP contribution is -2.39. The van der Waals surface area contributed by atoms with E-state index in [4.69, 9.17) is 0 Å². The van der Waals surface area contributed by atoms with Gasteiger partial charge in [0.15, 0.2) is 0 Å². The Morgan fingerprint density at radius 1 is 1.32 bits per heavy atom. The Balaban J connectivity index is 1.84. The molecular formula is C14H17N3OS. The zero-order valence-corrected chi connectivity index (χ0v) is 11.8. The van der Waals surface area contributed by atoms with Crippen molar-refractivity contribution in [1.29, 1.82) is 0 Å². The van der Waals surface area contributed by atoms with Crippen molar-refractivity contribution in [2.24, 2.45) is 0 Å². The molecule has 1 aromatic carbocycles. The Morgan fingerprint density at radius 3 is 2.84 bits per heavy atom. The first-order valence-electron chi connectivity index (χ1n) is 6.53. The van der Waals surface area contributed by atoms with E-state index in [1.54, 1.807) is 0 Å². The summed E-state index contributed by atoms with van der Waals surface area (Å²) in [5.41, 5.74) is 2.00. The first-order valence-corrected chi connectivity index (χ1v) is 7.68.